The van der Waals surface area contributed by atoms with Gasteiger partial charge >= 0.3 is 26.2 Å². The quantitative estimate of drug-likeness (QED) is 0.200. The van der Waals surface area contributed by atoms with Gasteiger partial charge in [-0.2, -0.15) is 0 Å². The Kier molecular flexibility index (Phi) is 14.7. The first kappa shape index (κ1) is 32.5. The van der Waals surface area contributed by atoms with Crippen LogP contribution < -0.4 is 24.8 Å². The molecule has 0 aliphatic rings. The van der Waals surface area contributed by atoms with Crippen molar-refractivity contribution in [2.24, 2.45) is 0 Å². The summed E-state index contributed by atoms with van der Waals surface area (Å²) in [6.07, 6.45) is 0. The molecule has 4 heteroatoms. The standard InChI is InChI=1S/2C13H9.2CH3.2ClH.Si.Zr/c2*1-3-7-12-10(5-1)9-11-6-2-4-8-13(11)12;;;;;;/h2*1-9H;2*1H3;2*1H;;/q4*-1;;;;+2/p-2. The van der Waals surface area contributed by atoms with E-state index in [0.29, 0.717) is 0 Å². The predicted octanol–water partition coefficient (Wildman–Crippen LogP) is 1.95. The maximum atomic E-state index is 2.24. The molecule has 162 valence electrons. The van der Waals surface area contributed by atoms with E-state index in [4.69, 9.17) is 0 Å². The number of fused-ring (bicyclic) bond motifs is 6. The maximum Gasteiger partial charge on any atom is 2.00 e. The van der Waals surface area contributed by atoms with Crippen LogP contribution in [0.2, 0.25) is 0 Å². The average molecular weight is 551 g/mol. The van der Waals surface area contributed by atoms with E-state index in [1.165, 1.54) is 43.1 Å². The van der Waals surface area contributed by atoms with Crippen molar-refractivity contribution < 1.29 is 51.0 Å². The van der Waals surface area contributed by atoms with Crippen LogP contribution in [0.4, 0.5) is 0 Å². The van der Waals surface area contributed by atoms with Crippen molar-refractivity contribution >= 4 is 54.1 Å². The molecule has 0 aromatic heterocycles. The Bertz CT molecular complexity index is 1140. The van der Waals surface area contributed by atoms with E-state index in [9.17, 15) is 0 Å². The van der Waals surface area contributed by atoms with Gasteiger partial charge in [0, 0.05) is 11.0 Å². The largest absolute Gasteiger partial charge is 2.00 e. The van der Waals surface area contributed by atoms with Gasteiger partial charge < -0.3 is 39.7 Å². The second kappa shape index (κ2) is 14.4. The zero-order valence-electron chi connectivity index (χ0n) is 18.1. The molecule has 0 heterocycles. The van der Waals surface area contributed by atoms with Gasteiger partial charge in [0.1, 0.15) is 0 Å². The van der Waals surface area contributed by atoms with E-state index < -0.39 is 0 Å². The molecular formula is C28H24Cl2SiZr-4. The Hall–Kier alpha value is -1.70. The summed E-state index contributed by atoms with van der Waals surface area (Å²) in [6, 6.07) is 38.5. The summed E-state index contributed by atoms with van der Waals surface area (Å²) in [6.45, 7) is 0. The fourth-order valence-electron chi connectivity index (χ4n) is 3.81. The molecule has 0 nitrogen and oxygen atoms in total. The van der Waals surface area contributed by atoms with Crippen LogP contribution in [-0.4, -0.2) is 11.0 Å². The Morgan fingerprint density at radius 1 is 0.375 bits per heavy atom. The van der Waals surface area contributed by atoms with E-state index in [-0.39, 0.29) is 76.8 Å². The summed E-state index contributed by atoms with van der Waals surface area (Å²) in [5, 5.41) is 10.8. The van der Waals surface area contributed by atoms with Gasteiger partial charge in [-0.15, -0.1) is 79.5 Å². The summed E-state index contributed by atoms with van der Waals surface area (Å²) in [4.78, 5) is 0. The maximum absolute atomic E-state index is 2.24. The Morgan fingerprint density at radius 3 is 0.781 bits per heavy atom. The van der Waals surface area contributed by atoms with Crippen LogP contribution in [0, 0.1) is 14.9 Å². The first-order chi connectivity index (χ1) is 12.9. The van der Waals surface area contributed by atoms with Gasteiger partial charge in [-0.25, -0.2) is 0 Å². The van der Waals surface area contributed by atoms with Gasteiger partial charge in [-0.05, 0) is 0 Å². The number of halogens is 2. The molecule has 0 amide bonds. The van der Waals surface area contributed by atoms with Gasteiger partial charge in [0.05, 0.1) is 0 Å². The van der Waals surface area contributed by atoms with Crippen molar-refractivity contribution in [2.45, 2.75) is 0 Å². The predicted molar refractivity (Wildman–Crippen MR) is 133 cm³/mol. The molecule has 0 N–H and O–H groups in total. The van der Waals surface area contributed by atoms with Crippen molar-refractivity contribution in [3.63, 3.8) is 0 Å². The van der Waals surface area contributed by atoms with Gasteiger partial charge in [-0.1, -0.05) is 72.8 Å². The molecule has 0 spiro atoms. The normalized spacial score (nSPS) is 9.00. The molecule has 0 fully saturated rings. The third-order valence-corrected chi connectivity index (χ3v) is 5.05. The second-order valence-corrected chi connectivity index (χ2v) is 6.64. The fourth-order valence-corrected chi connectivity index (χ4v) is 3.81. The molecule has 6 aromatic rings. The molecule has 0 aliphatic carbocycles. The second-order valence-electron chi connectivity index (χ2n) is 6.64. The van der Waals surface area contributed by atoms with E-state index >= 15 is 0 Å². The average Bonchev–Trinajstić information content (AvgIpc) is 3.27. The van der Waals surface area contributed by atoms with Crippen LogP contribution in [0.25, 0.3) is 43.1 Å². The molecule has 0 aliphatic heterocycles. The third-order valence-electron chi connectivity index (χ3n) is 5.05. The zero-order chi connectivity index (χ0) is 17.3. The van der Waals surface area contributed by atoms with E-state index in [1.807, 2.05) is 0 Å². The van der Waals surface area contributed by atoms with E-state index in [2.05, 4.69) is 109 Å². The number of hydrogen-bond donors (Lipinski definition) is 0. The monoisotopic (exact) mass is 548 g/mol. The summed E-state index contributed by atoms with van der Waals surface area (Å²) in [7, 11) is 0. The Morgan fingerprint density at radius 2 is 0.562 bits per heavy atom. The SMILES string of the molecule is [CH3-].[CH3-].[Cl-].[Cl-].[Si].[Zr+2].c1ccc2c(c1)[cH-]c1ccccc12.c1ccc2c(c1)[cH-]c1ccccc12. The van der Waals surface area contributed by atoms with Crippen LogP contribution in [0.5, 0.6) is 0 Å². The van der Waals surface area contributed by atoms with Crippen molar-refractivity contribution in [3.8, 4) is 0 Å². The van der Waals surface area contributed by atoms with E-state index in [0.717, 1.165) is 0 Å². The molecule has 0 atom stereocenters. The molecule has 0 saturated heterocycles. The van der Waals surface area contributed by atoms with Crippen molar-refractivity contribution in [1.29, 1.82) is 0 Å². The van der Waals surface area contributed by atoms with Gasteiger partial charge in [-0.3, -0.25) is 0 Å². The van der Waals surface area contributed by atoms with Crippen LogP contribution in [0.15, 0.2) is 109 Å². The molecule has 0 saturated carbocycles. The smallest absolute Gasteiger partial charge is 1.00 e. The molecule has 32 heavy (non-hydrogen) atoms. The Labute approximate surface area is 227 Å². The topological polar surface area (TPSA) is 0 Å². The first-order valence-electron chi connectivity index (χ1n) is 8.96. The van der Waals surface area contributed by atoms with Gasteiger partial charge in [0.2, 0.25) is 0 Å². The summed E-state index contributed by atoms with van der Waals surface area (Å²) >= 11 is 0. The fraction of sp³-hybridized carbons (Fsp3) is 0. The van der Waals surface area contributed by atoms with Crippen LogP contribution >= 0.6 is 0 Å². The van der Waals surface area contributed by atoms with Crippen molar-refractivity contribution in [3.05, 3.63) is 124 Å². The molecule has 0 bridgehead atoms. The van der Waals surface area contributed by atoms with Gasteiger partial charge in [0.15, 0.2) is 0 Å². The van der Waals surface area contributed by atoms with Crippen LogP contribution in [0.1, 0.15) is 0 Å². The molecule has 6 rings (SSSR count). The minimum absolute atomic E-state index is 0. The zero-order valence-corrected chi connectivity index (χ0v) is 23.1. The summed E-state index contributed by atoms with van der Waals surface area (Å²) in [5.74, 6) is 0. The first-order valence-corrected chi connectivity index (χ1v) is 8.96. The molecule has 4 radical (unpaired) electrons. The Balaban J connectivity index is 0. The van der Waals surface area contributed by atoms with Crippen LogP contribution in [-0.2, 0) is 26.2 Å². The molecule has 6 aromatic carbocycles. The molecular weight excluding hydrogens is 527 g/mol. The number of hydrogen-bond acceptors (Lipinski definition) is 0. The van der Waals surface area contributed by atoms with E-state index in [1.54, 1.807) is 0 Å². The number of benzene rings is 4. The van der Waals surface area contributed by atoms with Crippen molar-refractivity contribution in [1.82, 2.24) is 0 Å². The summed E-state index contributed by atoms with van der Waals surface area (Å²) < 4.78 is 0. The number of rotatable bonds is 0. The molecule has 0 unspecified atom stereocenters. The summed E-state index contributed by atoms with van der Waals surface area (Å²) in [5.41, 5.74) is 0. The minimum Gasteiger partial charge on any atom is -1.00 e. The minimum atomic E-state index is 0. The van der Waals surface area contributed by atoms with Crippen LogP contribution in [0.3, 0.4) is 0 Å². The van der Waals surface area contributed by atoms with Crippen molar-refractivity contribution in [2.75, 3.05) is 0 Å². The van der Waals surface area contributed by atoms with Gasteiger partial charge in [0.25, 0.3) is 0 Å². The third kappa shape index (κ3) is 6.21.